The molecular weight excluding hydrogens is 256 g/mol. The molecular formula is C19H25N2+. The summed E-state index contributed by atoms with van der Waals surface area (Å²) in [6.45, 7) is 6.66. The summed E-state index contributed by atoms with van der Waals surface area (Å²) in [6, 6.07) is 19.7. The monoisotopic (exact) mass is 281 g/mol. The van der Waals surface area contributed by atoms with Gasteiger partial charge in [0.2, 0.25) is 0 Å². The molecule has 2 heteroatoms. The van der Waals surface area contributed by atoms with E-state index in [0.29, 0.717) is 0 Å². The molecule has 0 amide bonds. The highest BCUT2D eigenvalue weighted by Gasteiger charge is 2.32. The maximum atomic E-state index is 3.82. The molecule has 0 spiro atoms. The second kappa shape index (κ2) is 6.42. The van der Waals surface area contributed by atoms with Crippen LogP contribution in [-0.4, -0.2) is 17.7 Å². The molecule has 1 fully saturated rings. The van der Waals surface area contributed by atoms with Crippen molar-refractivity contribution in [3.8, 4) is 0 Å². The fourth-order valence-electron chi connectivity index (χ4n) is 3.21. The van der Waals surface area contributed by atoms with E-state index in [0.717, 1.165) is 17.7 Å². The van der Waals surface area contributed by atoms with Gasteiger partial charge < -0.3 is 0 Å². The summed E-state index contributed by atoms with van der Waals surface area (Å²) in [5, 5.41) is 0. The van der Waals surface area contributed by atoms with Crippen LogP contribution in [0, 0.1) is 6.92 Å². The first-order valence-corrected chi connectivity index (χ1v) is 7.97. The van der Waals surface area contributed by atoms with Crippen LogP contribution in [0.3, 0.4) is 0 Å². The molecule has 0 saturated carbocycles. The van der Waals surface area contributed by atoms with E-state index in [-0.39, 0.29) is 0 Å². The minimum Gasteiger partial charge on any atom is -0.242 e. The standard InChI is InChI=1S/C19H25N2/c1-17-9-11-18(12-10-17)15-20-21(13-5-6-14-21)16-19-7-3-2-4-8-19/h2-4,7-12,20H,5-6,13-16H2,1H3/q+1. The molecule has 21 heavy (non-hydrogen) atoms. The zero-order chi connectivity index (χ0) is 14.5. The van der Waals surface area contributed by atoms with Crippen LogP contribution in [0.2, 0.25) is 0 Å². The lowest BCUT2D eigenvalue weighted by Gasteiger charge is -2.34. The number of quaternary nitrogens is 1. The first-order valence-electron chi connectivity index (χ1n) is 7.97. The van der Waals surface area contributed by atoms with Crippen LogP contribution >= 0.6 is 0 Å². The molecule has 0 aromatic heterocycles. The van der Waals surface area contributed by atoms with E-state index in [4.69, 9.17) is 0 Å². The maximum absolute atomic E-state index is 3.82. The van der Waals surface area contributed by atoms with Gasteiger partial charge in [-0.1, -0.05) is 60.2 Å². The highest BCUT2D eigenvalue weighted by Crippen LogP contribution is 2.21. The van der Waals surface area contributed by atoms with Crippen molar-refractivity contribution in [3.63, 3.8) is 0 Å². The van der Waals surface area contributed by atoms with Crippen molar-refractivity contribution in [1.82, 2.24) is 5.43 Å². The van der Waals surface area contributed by atoms with Gasteiger partial charge >= 0.3 is 0 Å². The van der Waals surface area contributed by atoms with Crippen molar-refractivity contribution in [2.45, 2.75) is 32.9 Å². The van der Waals surface area contributed by atoms with Crippen LogP contribution in [0.4, 0.5) is 0 Å². The smallest absolute Gasteiger partial charge is 0.122 e. The molecule has 2 nitrogen and oxygen atoms in total. The fourth-order valence-corrected chi connectivity index (χ4v) is 3.21. The molecule has 1 saturated heterocycles. The fraction of sp³-hybridized carbons (Fsp3) is 0.368. The molecule has 0 radical (unpaired) electrons. The Hall–Kier alpha value is -1.64. The molecule has 110 valence electrons. The summed E-state index contributed by atoms with van der Waals surface area (Å²) in [5.41, 5.74) is 7.94. The highest BCUT2D eigenvalue weighted by molar-refractivity contribution is 5.21. The first kappa shape index (κ1) is 14.3. The number of nitrogens with one attached hydrogen (secondary N) is 1. The molecule has 3 rings (SSSR count). The number of aryl methyl sites for hydroxylation is 1. The van der Waals surface area contributed by atoms with E-state index in [1.54, 1.807) is 0 Å². The number of nitrogens with zero attached hydrogens (tertiary/aromatic N) is 1. The molecule has 2 aromatic rings. The molecule has 0 atom stereocenters. The summed E-state index contributed by atoms with van der Waals surface area (Å²) < 4.78 is 1.03. The Bertz CT molecular complexity index is 554. The molecule has 2 aromatic carbocycles. The van der Waals surface area contributed by atoms with Crippen LogP contribution in [0.5, 0.6) is 0 Å². The van der Waals surface area contributed by atoms with Gasteiger partial charge in [-0.15, -0.1) is 0 Å². The van der Waals surface area contributed by atoms with E-state index < -0.39 is 0 Å². The predicted molar refractivity (Wildman–Crippen MR) is 87.4 cm³/mol. The average molecular weight is 281 g/mol. The van der Waals surface area contributed by atoms with E-state index >= 15 is 0 Å². The van der Waals surface area contributed by atoms with Gasteiger partial charge in [0.1, 0.15) is 6.54 Å². The summed E-state index contributed by atoms with van der Waals surface area (Å²) in [7, 11) is 0. The van der Waals surface area contributed by atoms with Crippen molar-refractivity contribution in [2.75, 3.05) is 13.1 Å². The largest absolute Gasteiger partial charge is 0.242 e. The van der Waals surface area contributed by atoms with Crippen molar-refractivity contribution < 1.29 is 4.59 Å². The Morgan fingerprint density at radius 1 is 0.857 bits per heavy atom. The van der Waals surface area contributed by atoms with Gasteiger partial charge in [-0.2, -0.15) is 5.43 Å². The zero-order valence-corrected chi connectivity index (χ0v) is 12.9. The summed E-state index contributed by atoms with van der Waals surface area (Å²) in [4.78, 5) is 0. The molecule has 1 heterocycles. The predicted octanol–water partition coefficient (Wildman–Crippen LogP) is 3.81. The van der Waals surface area contributed by atoms with Gasteiger partial charge in [-0.25, -0.2) is 4.59 Å². The van der Waals surface area contributed by atoms with E-state index in [1.165, 1.54) is 42.6 Å². The summed E-state index contributed by atoms with van der Waals surface area (Å²) in [5.74, 6) is 0. The second-order valence-corrected chi connectivity index (χ2v) is 6.26. The Kier molecular flexibility index (Phi) is 4.37. The van der Waals surface area contributed by atoms with Crippen molar-refractivity contribution in [1.29, 1.82) is 0 Å². The van der Waals surface area contributed by atoms with Crippen LogP contribution < -0.4 is 5.43 Å². The SMILES string of the molecule is Cc1ccc(CN[N+]2(Cc3ccccc3)CCCC2)cc1. The molecule has 1 N–H and O–H groups in total. The number of hydrogen-bond donors (Lipinski definition) is 1. The van der Waals surface area contributed by atoms with E-state index in [2.05, 4.69) is 66.9 Å². The van der Waals surface area contributed by atoms with Gasteiger partial charge in [-0.3, -0.25) is 0 Å². The van der Waals surface area contributed by atoms with E-state index in [1.807, 2.05) is 0 Å². The van der Waals surface area contributed by atoms with Crippen molar-refractivity contribution in [3.05, 3.63) is 71.3 Å². The van der Waals surface area contributed by atoms with E-state index in [9.17, 15) is 0 Å². The number of rotatable bonds is 5. The highest BCUT2D eigenvalue weighted by atomic mass is 15.7. The minimum atomic E-state index is 0.952. The lowest BCUT2D eigenvalue weighted by Crippen LogP contribution is -2.54. The van der Waals surface area contributed by atoms with Crippen LogP contribution in [0.1, 0.15) is 29.5 Å². The summed E-state index contributed by atoms with van der Waals surface area (Å²) >= 11 is 0. The normalized spacial score (nSPS) is 17.0. The zero-order valence-electron chi connectivity index (χ0n) is 12.9. The molecule has 0 bridgehead atoms. The Labute approximate surface area is 128 Å². The Balaban J connectivity index is 1.68. The first-order chi connectivity index (χ1) is 10.3. The van der Waals surface area contributed by atoms with Crippen molar-refractivity contribution in [2.24, 2.45) is 0 Å². The second-order valence-electron chi connectivity index (χ2n) is 6.26. The number of likely N-dealkylation sites (tertiary alicyclic amines) is 1. The lowest BCUT2D eigenvalue weighted by molar-refractivity contribution is -0.973. The topological polar surface area (TPSA) is 12.0 Å². The number of benzene rings is 2. The third kappa shape index (κ3) is 3.72. The van der Waals surface area contributed by atoms with Crippen LogP contribution in [0.15, 0.2) is 54.6 Å². The molecule has 1 aliphatic heterocycles. The van der Waals surface area contributed by atoms with Gasteiger partial charge in [-0.05, 0) is 12.5 Å². The van der Waals surface area contributed by atoms with Crippen LogP contribution in [0.25, 0.3) is 0 Å². The van der Waals surface area contributed by atoms with Crippen LogP contribution in [-0.2, 0) is 13.1 Å². The quantitative estimate of drug-likeness (QED) is 0.822. The van der Waals surface area contributed by atoms with Gasteiger partial charge in [0.15, 0.2) is 0 Å². The van der Waals surface area contributed by atoms with Gasteiger partial charge in [0.25, 0.3) is 0 Å². The molecule has 0 unspecified atom stereocenters. The minimum absolute atomic E-state index is 0.952. The molecule has 0 aliphatic carbocycles. The third-order valence-electron chi connectivity index (χ3n) is 4.49. The van der Waals surface area contributed by atoms with Gasteiger partial charge in [0.05, 0.1) is 19.6 Å². The third-order valence-corrected chi connectivity index (χ3v) is 4.49. The average Bonchev–Trinajstić information content (AvgIpc) is 2.97. The molecule has 1 aliphatic rings. The Morgan fingerprint density at radius 3 is 2.19 bits per heavy atom. The maximum Gasteiger partial charge on any atom is 0.122 e. The lowest BCUT2D eigenvalue weighted by atomic mass is 10.1. The van der Waals surface area contributed by atoms with Gasteiger partial charge in [0, 0.05) is 18.4 Å². The summed E-state index contributed by atoms with van der Waals surface area (Å²) in [6.07, 6.45) is 2.65. The number of hydrogen-bond acceptors (Lipinski definition) is 1. The van der Waals surface area contributed by atoms with Crippen molar-refractivity contribution >= 4 is 0 Å². The Morgan fingerprint density at radius 2 is 1.52 bits per heavy atom.